The Bertz CT molecular complexity index is 481. The molecule has 0 bridgehead atoms. The highest BCUT2D eigenvalue weighted by atomic mass is 14.0. The lowest BCUT2D eigenvalue weighted by molar-refractivity contribution is 1.59. The monoisotopic (exact) mass is 191 g/mol. The second-order valence-electron chi connectivity index (χ2n) is 3.24. The number of hydrogen-bond acceptors (Lipinski definition) is 0. The van der Waals surface area contributed by atoms with Gasteiger partial charge >= 0.3 is 0 Å². The van der Waals surface area contributed by atoms with Gasteiger partial charge in [-0.25, -0.2) is 0 Å². The molecule has 2 rings (SSSR count). The molecule has 0 unspecified atom stereocenters. The Morgan fingerprint density at radius 3 is 2.07 bits per heavy atom. The molecule has 0 heteroatoms. The molecule has 0 aromatic heterocycles. The third kappa shape index (κ3) is 2.27. The summed E-state index contributed by atoms with van der Waals surface area (Å²) >= 11 is 0. The van der Waals surface area contributed by atoms with Crippen LogP contribution in [0.15, 0.2) is 48.5 Å². The second-order valence-corrected chi connectivity index (χ2v) is 3.24. The van der Waals surface area contributed by atoms with Crippen molar-refractivity contribution >= 4 is 0 Å². The summed E-state index contributed by atoms with van der Waals surface area (Å²) < 4.78 is 0. The molecular weight excluding hydrogens is 180 g/mol. The molecule has 0 aliphatic rings. The molecule has 2 aromatic carbocycles. The zero-order valence-corrected chi connectivity index (χ0v) is 8.62. The lowest BCUT2D eigenvalue weighted by Gasteiger charge is -2.00. The lowest BCUT2D eigenvalue weighted by atomic mass is 10.0. The van der Waals surface area contributed by atoms with Crippen molar-refractivity contribution in [1.82, 2.24) is 0 Å². The average Bonchev–Trinajstić information content (AvgIpc) is 2.32. The van der Waals surface area contributed by atoms with E-state index in [1.54, 1.807) is 0 Å². The largest absolute Gasteiger partial charge is 0.101 e. The first kappa shape index (κ1) is 9.55. The van der Waals surface area contributed by atoms with Gasteiger partial charge in [0.1, 0.15) is 0 Å². The molecule has 0 nitrogen and oxygen atoms in total. The molecule has 2 aromatic rings. The third-order valence-corrected chi connectivity index (χ3v) is 2.21. The molecule has 0 aliphatic carbocycles. The first-order chi connectivity index (χ1) is 7.40. The number of rotatable bonds is 1. The normalized spacial score (nSPS) is 9.13. The van der Waals surface area contributed by atoms with E-state index in [0.29, 0.717) is 0 Å². The summed E-state index contributed by atoms with van der Waals surface area (Å²) in [5.41, 5.74) is 3.49. The maximum absolute atomic E-state index is 3.03. The van der Waals surface area contributed by atoms with Gasteiger partial charge in [-0.05, 0) is 36.2 Å². The average molecular weight is 191 g/mol. The lowest BCUT2D eigenvalue weighted by Crippen LogP contribution is -1.78. The molecule has 0 N–H and O–H groups in total. The molecular formula is C15H11. The van der Waals surface area contributed by atoms with Gasteiger partial charge in [0.15, 0.2) is 0 Å². The summed E-state index contributed by atoms with van der Waals surface area (Å²) in [4.78, 5) is 0. The maximum atomic E-state index is 3.03. The number of benzene rings is 2. The molecule has 15 heavy (non-hydrogen) atoms. The third-order valence-electron chi connectivity index (χ3n) is 2.21. The van der Waals surface area contributed by atoms with Gasteiger partial charge in [-0.2, -0.15) is 0 Å². The molecule has 0 heterocycles. The molecule has 0 saturated heterocycles. The van der Waals surface area contributed by atoms with Crippen LogP contribution < -0.4 is 0 Å². The van der Waals surface area contributed by atoms with Gasteiger partial charge in [-0.1, -0.05) is 42.3 Å². The van der Waals surface area contributed by atoms with Crippen LogP contribution in [-0.2, 0) is 0 Å². The Balaban J connectivity index is 2.35. The van der Waals surface area contributed by atoms with E-state index in [4.69, 9.17) is 0 Å². The standard InChI is InChI=1S/C15H11/c1-2-6-13-9-11-15(12-10-13)14-7-4-3-5-8-14/h4-5,7-12H,1H3. The van der Waals surface area contributed by atoms with Crippen molar-refractivity contribution in [3.63, 3.8) is 0 Å². The van der Waals surface area contributed by atoms with Crippen LogP contribution in [0.3, 0.4) is 0 Å². The Kier molecular flexibility index (Phi) is 2.85. The minimum atomic E-state index is 1.06. The minimum absolute atomic E-state index is 1.06. The predicted octanol–water partition coefficient (Wildman–Crippen LogP) is 3.53. The van der Waals surface area contributed by atoms with Crippen molar-refractivity contribution in [3.8, 4) is 23.0 Å². The van der Waals surface area contributed by atoms with E-state index in [9.17, 15) is 0 Å². The van der Waals surface area contributed by atoms with Crippen molar-refractivity contribution in [1.29, 1.82) is 0 Å². The highest BCUT2D eigenvalue weighted by Crippen LogP contribution is 2.18. The van der Waals surface area contributed by atoms with Crippen LogP contribution in [0, 0.1) is 17.9 Å². The van der Waals surface area contributed by atoms with E-state index < -0.39 is 0 Å². The minimum Gasteiger partial charge on any atom is -0.101 e. The van der Waals surface area contributed by atoms with Crippen LogP contribution in [-0.4, -0.2) is 0 Å². The van der Waals surface area contributed by atoms with Gasteiger partial charge in [0.25, 0.3) is 0 Å². The summed E-state index contributed by atoms with van der Waals surface area (Å²) in [5, 5.41) is 0. The Hall–Kier alpha value is -2.00. The fourth-order valence-corrected chi connectivity index (χ4v) is 1.47. The fourth-order valence-electron chi connectivity index (χ4n) is 1.47. The van der Waals surface area contributed by atoms with Crippen molar-refractivity contribution in [2.24, 2.45) is 0 Å². The van der Waals surface area contributed by atoms with Crippen LogP contribution >= 0.6 is 0 Å². The topological polar surface area (TPSA) is 0 Å². The molecule has 71 valence electrons. The van der Waals surface area contributed by atoms with Gasteiger partial charge < -0.3 is 0 Å². The van der Waals surface area contributed by atoms with E-state index >= 15 is 0 Å². The van der Waals surface area contributed by atoms with Crippen molar-refractivity contribution in [3.05, 3.63) is 60.2 Å². The molecule has 0 atom stereocenters. The van der Waals surface area contributed by atoms with Crippen LogP contribution in [0.25, 0.3) is 11.1 Å². The zero-order valence-electron chi connectivity index (χ0n) is 8.62. The Labute approximate surface area is 90.6 Å². The fraction of sp³-hybridized carbons (Fsp3) is 0.0667. The van der Waals surface area contributed by atoms with Crippen molar-refractivity contribution < 1.29 is 0 Å². The van der Waals surface area contributed by atoms with E-state index in [2.05, 4.69) is 42.2 Å². The van der Waals surface area contributed by atoms with Crippen LogP contribution in [0.5, 0.6) is 0 Å². The zero-order chi connectivity index (χ0) is 10.5. The summed E-state index contributed by atoms with van der Waals surface area (Å²) in [7, 11) is 0. The molecule has 0 fully saturated rings. The molecule has 1 radical (unpaired) electrons. The first-order valence-corrected chi connectivity index (χ1v) is 4.89. The van der Waals surface area contributed by atoms with Crippen LogP contribution in [0.2, 0.25) is 0 Å². The quantitative estimate of drug-likeness (QED) is 0.605. The molecule has 0 saturated carbocycles. The highest BCUT2D eigenvalue weighted by Gasteiger charge is 1.95. The van der Waals surface area contributed by atoms with Crippen LogP contribution in [0.4, 0.5) is 0 Å². The SMILES string of the molecule is CC#Cc1ccc(-c2cc[c]cc2)cc1. The summed E-state index contributed by atoms with van der Waals surface area (Å²) in [6.07, 6.45) is 0. The highest BCUT2D eigenvalue weighted by molar-refractivity contribution is 5.64. The first-order valence-electron chi connectivity index (χ1n) is 4.89. The van der Waals surface area contributed by atoms with Gasteiger partial charge in [-0.15, -0.1) is 5.92 Å². The maximum Gasteiger partial charge on any atom is 0.0245 e. The summed E-state index contributed by atoms with van der Waals surface area (Å²) in [5.74, 6) is 5.92. The van der Waals surface area contributed by atoms with E-state index in [-0.39, 0.29) is 0 Å². The van der Waals surface area contributed by atoms with E-state index in [1.165, 1.54) is 11.1 Å². The number of hydrogen-bond donors (Lipinski definition) is 0. The summed E-state index contributed by atoms with van der Waals surface area (Å²) in [6.45, 7) is 1.85. The van der Waals surface area contributed by atoms with Crippen LogP contribution in [0.1, 0.15) is 12.5 Å². The second kappa shape index (κ2) is 4.48. The van der Waals surface area contributed by atoms with Crippen molar-refractivity contribution in [2.75, 3.05) is 0 Å². The van der Waals surface area contributed by atoms with Gasteiger partial charge in [0, 0.05) is 5.56 Å². The predicted molar refractivity (Wildman–Crippen MR) is 63.3 cm³/mol. The molecule has 0 amide bonds. The van der Waals surface area contributed by atoms with Crippen molar-refractivity contribution in [2.45, 2.75) is 6.92 Å². The van der Waals surface area contributed by atoms with Gasteiger partial charge in [0.2, 0.25) is 0 Å². The van der Waals surface area contributed by atoms with Gasteiger partial charge in [0.05, 0.1) is 0 Å². The summed E-state index contributed by atoms with van der Waals surface area (Å²) in [6, 6.07) is 19.2. The smallest absolute Gasteiger partial charge is 0.0245 e. The molecule has 0 aliphatic heterocycles. The molecule has 0 spiro atoms. The Morgan fingerprint density at radius 1 is 0.867 bits per heavy atom. The van der Waals surface area contributed by atoms with E-state index in [1.807, 2.05) is 31.2 Å². The van der Waals surface area contributed by atoms with E-state index in [0.717, 1.165) is 5.56 Å². The Morgan fingerprint density at radius 2 is 1.47 bits per heavy atom. The van der Waals surface area contributed by atoms with Gasteiger partial charge in [-0.3, -0.25) is 0 Å².